The number of carbonyl (C=O) groups is 2. The van der Waals surface area contributed by atoms with Crippen molar-refractivity contribution in [2.75, 3.05) is 40.3 Å². The summed E-state index contributed by atoms with van der Waals surface area (Å²) in [5, 5.41) is 2.97. The minimum atomic E-state index is -0.327. The molecule has 0 bridgehead atoms. The number of amides is 3. The zero-order valence-electron chi connectivity index (χ0n) is 15.3. The standard InChI is InChI=1S/C17H32N4O2/c1-6-20-11-8-17(15(22)19(4)5)9-12-21(10-7-14(17)20)16(23)18-13(2)3/h13-14H,6-12H2,1-5H3,(H,18,23)/t14-,17-/m1/s1. The molecule has 6 nitrogen and oxygen atoms in total. The van der Waals surface area contributed by atoms with Crippen LogP contribution in [0.25, 0.3) is 0 Å². The van der Waals surface area contributed by atoms with E-state index in [0.717, 1.165) is 38.9 Å². The molecule has 2 heterocycles. The minimum Gasteiger partial charge on any atom is -0.348 e. The quantitative estimate of drug-likeness (QED) is 0.853. The molecule has 0 unspecified atom stereocenters. The van der Waals surface area contributed by atoms with Crippen LogP contribution in [0.1, 0.15) is 40.0 Å². The summed E-state index contributed by atoms with van der Waals surface area (Å²) in [5.41, 5.74) is -0.327. The molecule has 2 aliphatic heterocycles. The largest absolute Gasteiger partial charge is 0.348 e. The molecular formula is C17H32N4O2. The lowest BCUT2D eigenvalue weighted by Crippen LogP contribution is -2.49. The SMILES string of the molecule is CCN1CC[C@@]2(C(=O)N(C)C)CCN(C(=O)NC(C)C)CC[C@@H]12. The van der Waals surface area contributed by atoms with E-state index in [1.807, 2.05) is 32.8 Å². The molecule has 0 aromatic carbocycles. The summed E-state index contributed by atoms with van der Waals surface area (Å²) in [4.78, 5) is 31.3. The first-order valence-corrected chi connectivity index (χ1v) is 8.83. The lowest BCUT2D eigenvalue weighted by molar-refractivity contribution is -0.141. The lowest BCUT2D eigenvalue weighted by Gasteiger charge is -2.37. The van der Waals surface area contributed by atoms with Gasteiger partial charge in [0, 0.05) is 39.3 Å². The van der Waals surface area contributed by atoms with E-state index in [1.54, 1.807) is 4.90 Å². The van der Waals surface area contributed by atoms with Crippen molar-refractivity contribution in [3.05, 3.63) is 0 Å². The zero-order valence-corrected chi connectivity index (χ0v) is 15.3. The minimum absolute atomic E-state index is 0.00419. The van der Waals surface area contributed by atoms with Crippen LogP contribution in [0.2, 0.25) is 0 Å². The van der Waals surface area contributed by atoms with Gasteiger partial charge in [-0.05, 0) is 46.2 Å². The van der Waals surface area contributed by atoms with Gasteiger partial charge in [-0.1, -0.05) is 6.92 Å². The number of urea groups is 1. The molecule has 0 aromatic rings. The topological polar surface area (TPSA) is 55.9 Å². The summed E-state index contributed by atoms with van der Waals surface area (Å²) in [6.07, 6.45) is 2.54. The molecule has 132 valence electrons. The molecule has 0 aliphatic carbocycles. The highest BCUT2D eigenvalue weighted by atomic mass is 16.2. The Morgan fingerprint density at radius 2 is 1.87 bits per heavy atom. The molecule has 0 radical (unpaired) electrons. The predicted molar refractivity (Wildman–Crippen MR) is 91.3 cm³/mol. The third-order valence-corrected chi connectivity index (χ3v) is 5.36. The molecule has 0 aromatic heterocycles. The Labute approximate surface area is 140 Å². The average molecular weight is 324 g/mol. The van der Waals surface area contributed by atoms with E-state index >= 15 is 0 Å². The van der Waals surface area contributed by atoms with Crippen LogP contribution in [0.3, 0.4) is 0 Å². The van der Waals surface area contributed by atoms with Crippen LogP contribution >= 0.6 is 0 Å². The van der Waals surface area contributed by atoms with Crippen LogP contribution < -0.4 is 5.32 Å². The fraction of sp³-hybridized carbons (Fsp3) is 0.882. The zero-order chi connectivity index (χ0) is 17.2. The average Bonchev–Trinajstić information content (AvgIpc) is 2.73. The number of fused-ring (bicyclic) bond motifs is 1. The third-order valence-electron chi connectivity index (χ3n) is 5.36. The molecule has 2 rings (SSSR count). The lowest BCUT2D eigenvalue weighted by atomic mass is 9.75. The second-order valence-corrected chi connectivity index (χ2v) is 7.38. The summed E-state index contributed by atoms with van der Waals surface area (Å²) >= 11 is 0. The number of nitrogens with one attached hydrogen (secondary N) is 1. The van der Waals surface area contributed by atoms with Crippen LogP contribution in [-0.2, 0) is 4.79 Å². The van der Waals surface area contributed by atoms with E-state index in [9.17, 15) is 9.59 Å². The number of carbonyl (C=O) groups excluding carboxylic acids is 2. The molecule has 2 saturated heterocycles. The van der Waals surface area contributed by atoms with Gasteiger partial charge in [-0.25, -0.2) is 4.79 Å². The van der Waals surface area contributed by atoms with Gasteiger partial charge >= 0.3 is 6.03 Å². The summed E-state index contributed by atoms with van der Waals surface area (Å²) in [5.74, 6) is 0.226. The van der Waals surface area contributed by atoms with E-state index in [2.05, 4.69) is 17.1 Å². The van der Waals surface area contributed by atoms with Gasteiger partial charge in [-0.15, -0.1) is 0 Å². The van der Waals surface area contributed by atoms with Crippen molar-refractivity contribution in [1.29, 1.82) is 0 Å². The second kappa shape index (κ2) is 7.07. The van der Waals surface area contributed by atoms with Gasteiger partial charge in [0.1, 0.15) is 0 Å². The van der Waals surface area contributed by atoms with E-state index in [0.29, 0.717) is 6.54 Å². The first-order chi connectivity index (χ1) is 10.8. The van der Waals surface area contributed by atoms with Crippen molar-refractivity contribution in [3.8, 4) is 0 Å². The first kappa shape index (κ1) is 18.0. The molecule has 6 heteroatoms. The molecule has 2 aliphatic rings. The van der Waals surface area contributed by atoms with Crippen molar-refractivity contribution < 1.29 is 9.59 Å². The van der Waals surface area contributed by atoms with Gasteiger partial charge in [-0.2, -0.15) is 0 Å². The number of likely N-dealkylation sites (tertiary alicyclic amines) is 2. The van der Waals surface area contributed by atoms with E-state index in [1.165, 1.54) is 0 Å². The van der Waals surface area contributed by atoms with E-state index in [-0.39, 0.29) is 29.4 Å². The van der Waals surface area contributed by atoms with Crippen LogP contribution in [-0.4, -0.2) is 79.0 Å². The summed E-state index contributed by atoms with van der Waals surface area (Å²) < 4.78 is 0. The van der Waals surface area contributed by atoms with Crippen LogP contribution in [0.5, 0.6) is 0 Å². The maximum atomic E-state index is 13.0. The molecule has 23 heavy (non-hydrogen) atoms. The number of hydrogen-bond acceptors (Lipinski definition) is 3. The van der Waals surface area contributed by atoms with E-state index < -0.39 is 0 Å². The Hall–Kier alpha value is -1.30. The highest BCUT2D eigenvalue weighted by Crippen LogP contribution is 2.44. The van der Waals surface area contributed by atoms with E-state index in [4.69, 9.17) is 0 Å². The monoisotopic (exact) mass is 324 g/mol. The van der Waals surface area contributed by atoms with Crippen LogP contribution in [0.15, 0.2) is 0 Å². The fourth-order valence-electron chi connectivity index (χ4n) is 4.21. The van der Waals surface area contributed by atoms with Gasteiger partial charge in [-0.3, -0.25) is 9.69 Å². The Morgan fingerprint density at radius 3 is 2.43 bits per heavy atom. The maximum Gasteiger partial charge on any atom is 0.317 e. The molecule has 1 N–H and O–H groups in total. The Balaban J connectivity index is 2.20. The van der Waals surface area contributed by atoms with Gasteiger partial charge in [0.05, 0.1) is 5.41 Å². The molecule has 0 spiro atoms. The number of nitrogens with zero attached hydrogens (tertiary/aromatic N) is 3. The molecular weight excluding hydrogens is 292 g/mol. The molecule has 2 atom stereocenters. The molecule has 0 saturated carbocycles. The van der Waals surface area contributed by atoms with Crippen LogP contribution in [0.4, 0.5) is 4.79 Å². The third kappa shape index (κ3) is 3.47. The summed E-state index contributed by atoms with van der Waals surface area (Å²) in [6.45, 7) is 9.43. The van der Waals surface area contributed by atoms with Crippen LogP contribution in [0, 0.1) is 5.41 Å². The van der Waals surface area contributed by atoms with Crippen molar-refractivity contribution in [3.63, 3.8) is 0 Å². The van der Waals surface area contributed by atoms with Crippen molar-refractivity contribution in [2.45, 2.75) is 52.1 Å². The normalized spacial score (nSPS) is 28.4. The number of rotatable bonds is 3. The summed E-state index contributed by atoms with van der Waals surface area (Å²) in [6, 6.07) is 0.379. The van der Waals surface area contributed by atoms with Gasteiger partial charge in [0.15, 0.2) is 0 Å². The van der Waals surface area contributed by atoms with Crippen molar-refractivity contribution >= 4 is 11.9 Å². The Morgan fingerprint density at radius 1 is 1.22 bits per heavy atom. The van der Waals surface area contributed by atoms with Gasteiger partial charge < -0.3 is 15.1 Å². The van der Waals surface area contributed by atoms with Crippen molar-refractivity contribution in [1.82, 2.24) is 20.0 Å². The summed E-state index contributed by atoms with van der Waals surface area (Å²) in [7, 11) is 3.69. The Kier molecular flexibility index (Phi) is 5.55. The first-order valence-electron chi connectivity index (χ1n) is 8.83. The Bertz CT molecular complexity index is 452. The smallest absolute Gasteiger partial charge is 0.317 e. The van der Waals surface area contributed by atoms with Gasteiger partial charge in [0.25, 0.3) is 0 Å². The predicted octanol–water partition coefficient (Wildman–Crippen LogP) is 1.37. The van der Waals surface area contributed by atoms with Crippen molar-refractivity contribution in [2.24, 2.45) is 5.41 Å². The highest BCUT2D eigenvalue weighted by molar-refractivity contribution is 5.84. The number of hydrogen-bond donors (Lipinski definition) is 1. The van der Waals surface area contributed by atoms with Gasteiger partial charge in [0.2, 0.25) is 5.91 Å². The fourth-order valence-corrected chi connectivity index (χ4v) is 4.21. The second-order valence-electron chi connectivity index (χ2n) is 7.38. The highest BCUT2D eigenvalue weighted by Gasteiger charge is 2.53. The molecule has 3 amide bonds. The molecule has 2 fully saturated rings. The maximum absolute atomic E-state index is 13.0.